The lowest BCUT2D eigenvalue weighted by atomic mass is 9.92. The number of rotatable bonds is 12. The van der Waals surface area contributed by atoms with Crippen molar-refractivity contribution in [3.8, 4) is 22.6 Å². The highest BCUT2D eigenvalue weighted by Crippen LogP contribution is 2.35. The fourth-order valence-corrected chi connectivity index (χ4v) is 6.24. The maximum absolute atomic E-state index is 13.4. The van der Waals surface area contributed by atoms with E-state index in [1.807, 2.05) is 62.5 Å². The van der Waals surface area contributed by atoms with Crippen LogP contribution in [0.5, 0.6) is 11.5 Å². The van der Waals surface area contributed by atoms with Crippen molar-refractivity contribution in [3.63, 3.8) is 0 Å². The van der Waals surface area contributed by atoms with Gasteiger partial charge in [-0.05, 0) is 105 Å². The van der Waals surface area contributed by atoms with Crippen LogP contribution in [-0.2, 0) is 16.8 Å². The van der Waals surface area contributed by atoms with Gasteiger partial charge in [-0.25, -0.2) is 4.79 Å². The summed E-state index contributed by atoms with van der Waals surface area (Å²) in [6, 6.07) is 31.9. The molecule has 240 valence electrons. The van der Waals surface area contributed by atoms with Gasteiger partial charge >= 0.3 is 6.03 Å². The number of carbonyl (C=O) groups excluding carboxylic acids is 2. The first-order chi connectivity index (χ1) is 22.7. The summed E-state index contributed by atoms with van der Waals surface area (Å²) in [5.41, 5.74) is 6.38. The smallest absolute Gasteiger partial charge is 0.325 e. The fraction of sp³-hybridized carbons (Fsp3) is 0.275. The second-order valence-electron chi connectivity index (χ2n) is 12.6. The van der Waals surface area contributed by atoms with E-state index in [2.05, 4.69) is 66.8 Å². The molecular formula is C40H41N3O4. The molecule has 1 aliphatic rings. The molecule has 1 unspecified atom stereocenters. The molecule has 0 aliphatic carbocycles. The highest BCUT2D eigenvalue weighted by atomic mass is 16.5. The number of benzene rings is 4. The Hall–Kier alpha value is -5.17. The first-order valence-corrected chi connectivity index (χ1v) is 16.3. The van der Waals surface area contributed by atoms with E-state index < -0.39 is 5.54 Å². The molecule has 5 aromatic rings. The third-order valence-corrected chi connectivity index (χ3v) is 8.66. The molecule has 1 fully saturated rings. The van der Waals surface area contributed by atoms with Crippen LogP contribution in [0.2, 0.25) is 0 Å². The molecule has 1 N–H and O–H groups in total. The van der Waals surface area contributed by atoms with Crippen molar-refractivity contribution in [2.24, 2.45) is 0 Å². The predicted octanol–water partition coefficient (Wildman–Crippen LogP) is 8.21. The highest BCUT2D eigenvalue weighted by Gasteiger charge is 2.48. The lowest BCUT2D eigenvalue weighted by molar-refractivity contribution is -0.131. The van der Waals surface area contributed by atoms with E-state index in [9.17, 15) is 9.59 Å². The second kappa shape index (κ2) is 13.7. The van der Waals surface area contributed by atoms with Gasteiger partial charge in [0.2, 0.25) is 0 Å². The van der Waals surface area contributed by atoms with Crippen molar-refractivity contribution in [2.75, 3.05) is 13.2 Å². The molecule has 1 aromatic heterocycles. The summed E-state index contributed by atoms with van der Waals surface area (Å²) in [6.45, 7) is 8.56. The first kappa shape index (κ1) is 31.8. The number of carbonyl (C=O) groups is 2. The Morgan fingerprint density at radius 3 is 2.40 bits per heavy atom. The Bertz CT molecular complexity index is 1890. The van der Waals surface area contributed by atoms with Gasteiger partial charge in [0.1, 0.15) is 17.0 Å². The Labute approximate surface area is 276 Å². The van der Waals surface area contributed by atoms with Crippen LogP contribution in [0, 0.1) is 6.92 Å². The number of pyridine rings is 1. The van der Waals surface area contributed by atoms with E-state index in [0.29, 0.717) is 26.0 Å². The lowest BCUT2D eigenvalue weighted by Gasteiger charge is -2.22. The molecule has 3 amide bonds. The molecule has 0 bridgehead atoms. The number of unbranched alkanes of at least 4 members (excludes halogenated alkanes) is 1. The van der Waals surface area contributed by atoms with Crippen LogP contribution >= 0.6 is 0 Å². The quantitative estimate of drug-likeness (QED) is 0.111. The average Bonchev–Trinajstić information content (AvgIpc) is 3.28. The SMILES string of the molecule is Cc1cccc2c(-c3cccc(OCCCCN4C(=O)NC(C)(c5ccc(OC(C)C)cc5)C4=O)c3)c(Cc3ccccc3)cnc12. The molecule has 2 heterocycles. The summed E-state index contributed by atoms with van der Waals surface area (Å²) >= 11 is 0. The van der Waals surface area contributed by atoms with E-state index in [-0.39, 0.29) is 18.0 Å². The van der Waals surface area contributed by atoms with Crippen molar-refractivity contribution in [1.82, 2.24) is 15.2 Å². The normalized spacial score (nSPS) is 16.1. The zero-order chi connectivity index (χ0) is 33.0. The predicted molar refractivity (Wildman–Crippen MR) is 186 cm³/mol. The van der Waals surface area contributed by atoms with Gasteiger partial charge in [0.25, 0.3) is 5.91 Å². The Morgan fingerprint density at radius 2 is 1.64 bits per heavy atom. The number of para-hydroxylation sites is 1. The van der Waals surface area contributed by atoms with E-state index in [1.165, 1.54) is 10.5 Å². The Balaban J connectivity index is 1.10. The summed E-state index contributed by atoms with van der Waals surface area (Å²) in [5, 5.41) is 4.01. The van der Waals surface area contributed by atoms with Crippen LogP contribution < -0.4 is 14.8 Å². The maximum Gasteiger partial charge on any atom is 0.325 e. The molecule has 1 atom stereocenters. The minimum absolute atomic E-state index is 0.0523. The number of nitrogens with zero attached hydrogens (tertiary/aromatic N) is 2. The third kappa shape index (κ3) is 6.85. The van der Waals surface area contributed by atoms with Crippen LogP contribution in [0.3, 0.4) is 0 Å². The molecule has 7 heteroatoms. The zero-order valence-corrected chi connectivity index (χ0v) is 27.5. The number of nitrogens with one attached hydrogen (secondary N) is 1. The molecule has 1 saturated heterocycles. The largest absolute Gasteiger partial charge is 0.494 e. The minimum atomic E-state index is -1.11. The van der Waals surface area contributed by atoms with Gasteiger partial charge in [-0.3, -0.25) is 14.7 Å². The molecule has 47 heavy (non-hydrogen) atoms. The van der Waals surface area contributed by atoms with Crippen molar-refractivity contribution in [1.29, 1.82) is 0 Å². The summed E-state index contributed by atoms with van der Waals surface area (Å²) < 4.78 is 11.9. The monoisotopic (exact) mass is 627 g/mol. The number of fused-ring (bicyclic) bond motifs is 1. The zero-order valence-electron chi connectivity index (χ0n) is 27.5. The first-order valence-electron chi connectivity index (χ1n) is 16.3. The van der Waals surface area contributed by atoms with Gasteiger partial charge in [0.05, 0.1) is 18.2 Å². The summed E-state index contributed by atoms with van der Waals surface area (Å²) in [7, 11) is 0. The van der Waals surface area contributed by atoms with Crippen molar-refractivity contribution < 1.29 is 19.1 Å². The van der Waals surface area contributed by atoms with Crippen LogP contribution in [-0.4, -0.2) is 41.1 Å². The summed E-state index contributed by atoms with van der Waals surface area (Å²) in [4.78, 5) is 32.4. The number of hydrogen-bond acceptors (Lipinski definition) is 5. The van der Waals surface area contributed by atoms with Crippen LogP contribution in [0.15, 0.2) is 103 Å². The molecule has 7 nitrogen and oxygen atoms in total. The standard InChI is InChI=1S/C40H41N3O4/c1-27(2)47-33-20-18-32(19-21-33)40(4)38(44)43(39(45)42-40)22-8-9-23-46-34-16-11-15-30(25-34)36-31(24-29-13-6-5-7-14-29)26-41-37-28(3)12-10-17-35(36)37/h5-7,10-21,25-27H,8-9,22-24H2,1-4H3,(H,42,45). The van der Waals surface area contributed by atoms with Crippen molar-refractivity contribution >= 4 is 22.8 Å². The molecule has 0 spiro atoms. The van der Waals surface area contributed by atoms with E-state index in [1.54, 1.807) is 6.92 Å². The van der Waals surface area contributed by atoms with Gasteiger partial charge in [0, 0.05) is 18.1 Å². The molecule has 0 radical (unpaired) electrons. The average molecular weight is 628 g/mol. The Morgan fingerprint density at radius 1 is 0.872 bits per heavy atom. The van der Waals surface area contributed by atoms with Crippen molar-refractivity contribution in [3.05, 3.63) is 126 Å². The fourth-order valence-electron chi connectivity index (χ4n) is 6.24. The van der Waals surface area contributed by atoms with E-state index >= 15 is 0 Å². The number of hydrogen-bond donors (Lipinski definition) is 1. The highest BCUT2D eigenvalue weighted by molar-refractivity contribution is 6.07. The van der Waals surface area contributed by atoms with E-state index in [0.717, 1.165) is 56.6 Å². The second-order valence-corrected chi connectivity index (χ2v) is 12.6. The van der Waals surface area contributed by atoms with Gasteiger partial charge in [0.15, 0.2) is 0 Å². The summed E-state index contributed by atoms with van der Waals surface area (Å²) in [6.07, 6.45) is 4.15. The Kier molecular flexibility index (Phi) is 9.25. The molecular weight excluding hydrogens is 586 g/mol. The third-order valence-electron chi connectivity index (χ3n) is 8.66. The lowest BCUT2D eigenvalue weighted by Crippen LogP contribution is -2.41. The number of ether oxygens (including phenoxy) is 2. The molecule has 6 rings (SSSR count). The number of aryl methyl sites for hydroxylation is 1. The number of urea groups is 1. The summed E-state index contributed by atoms with van der Waals surface area (Å²) in [5.74, 6) is 1.25. The van der Waals surface area contributed by atoms with Crippen molar-refractivity contribution in [2.45, 2.75) is 58.6 Å². The number of amides is 3. The topological polar surface area (TPSA) is 80.8 Å². The van der Waals surface area contributed by atoms with Gasteiger partial charge in [-0.15, -0.1) is 0 Å². The number of aromatic nitrogens is 1. The minimum Gasteiger partial charge on any atom is -0.494 e. The van der Waals surface area contributed by atoms with Crippen LogP contribution in [0.4, 0.5) is 4.79 Å². The van der Waals surface area contributed by atoms with E-state index in [4.69, 9.17) is 14.5 Å². The van der Waals surface area contributed by atoms with Crippen LogP contribution in [0.25, 0.3) is 22.0 Å². The molecule has 1 aliphatic heterocycles. The molecule has 4 aromatic carbocycles. The van der Waals surface area contributed by atoms with Crippen LogP contribution in [0.1, 0.15) is 55.9 Å². The van der Waals surface area contributed by atoms with Gasteiger partial charge in [-0.2, -0.15) is 0 Å². The number of imide groups is 1. The molecule has 0 saturated carbocycles. The maximum atomic E-state index is 13.4. The van der Waals surface area contributed by atoms with Gasteiger partial charge < -0.3 is 14.8 Å². The van der Waals surface area contributed by atoms with Gasteiger partial charge in [-0.1, -0.05) is 72.8 Å².